The average molecular weight is 310 g/mol. The Hall–Kier alpha value is -1.70. The summed E-state index contributed by atoms with van der Waals surface area (Å²) in [6, 6.07) is 1.94. The number of amides is 1. The Bertz CT molecular complexity index is 560. The van der Waals surface area contributed by atoms with Crippen molar-refractivity contribution < 1.29 is 19.2 Å². The second-order valence-corrected chi connectivity index (χ2v) is 5.33. The van der Waals surface area contributed by atoms with Crippen molar-refractivity contribution in [2.45, 2.75) is 20.0 Å². The maximum Gasteiger partial charge on any atom is 0.256 e. The SMILES string of the molecule is Cc1noc(C)c1C(=O)NC[C@@H](OCCO)c1ccsc1. The van der Waals surface area contributed by atoms with E-state index in [4.69, 9.17) is 14.4 Å². The first-order chi connectivity index (χ1) is 10.1. The quantitative estimate of drug-likeness (QED) is 0.815. The number of carbonyl (C=O) groups excluding carboxylic acids is 1. The maximum absolute atomic E-state index is 12.2. The van der Waals surface area contributed by atoms with Crippen LogP contribution in [0.15, 0.2) is 21.3 Å². The highest BCUT2D eigenvalue weighted by molar-refractivity contribution is 7.07. The van der Waals surface area contributed by atoms with Crippen LogP contribution in [-0.2, 0) is 4.74 Å². The number of nitrogens with one attached hydrogen (secondary N) is 1. The van der Waals surface area contributed by atoms with Crippen LogP contribution in [0.2, 0.25) is 0 Å². The zero-order chi connectivity index (χ0) is 15.2. The van der Waals surface area contributed by atoms with Gasteiger partial charge < -0.3 is 19.7 Å². The highest BCUT2D eigenvalue weighted by Gasteiger charge is 2.19. The van der Waals surface area contributed by atoms with Crippen molar-refractivity contribution in [3.05, 3.63) is 39.4 Å². The molecule has 114 valence electrons. The van der Waals surface area contributed by atoms with Crippen molar-refractivity contribution >= 4 is 17.2 Å². The number of carbonyl (C=O) groups is 1. The fourth-order valence-corrected chi connectivity index (χ4v) is 2.71. The Labute approximate surface area is 126 Å². The third-order valence-corrected chi connectivity index (χ3v) is 3.74. The van der Waals surface area contributed by atoms with Gasteiger partial charge >= 0.3 is 0 Å². The smallest absolute Gasteiger partial charge is 0.256 e. The number of nitrogens with zero attached hydrogens (tertiary/aromatic N) is 1. The van der Waals surface area contributed by atoms with E-state index in [2.05, 4.69) is 10.5 Å². The number of hydrogen-bond acceptors (Lipinski definition) is 6. The number of aliphatic hydroxyl groups is 1. The summed E-state index contributed by atoms with van der Waals surface area (Å²) in [6.45, 7) is 3.91. The number of aryl methyl sites for hydroxylation is 2. The van der Waals surface area contributed by atoms with E-state index in [9.17, 15) is 4.79 Å². The topological polar surface area (TPSA) is 84.6 Å². The van der Waals surface area contributed by atoms with Crippen LogP contribution in [0.25, 0.3) is 0 Å². The monoisotopic (exact) mass is 310 g/mol. The van der Waals surface area contributed by atoms with Crippen LogP contribution in [0, 0.1) is 13.8 Å². The van der Waals surface area contributed by atoms with Gasteiger partial charge in [0.1, 0.15) is 17.4 Å². The molecule has 0 bridgehead atoms. The summed E-state index contributed by atoms with van der Waals surface area (Å²) >= 11 is 1.56. The summed E-state index contributed by atoms with van der Waals surface area (Å²) in [5.41, 5.74) is 2.00. The molecule has 21 heavy (non-hydrogen) atoms. The number of hydrogen-bond donors (Lipinski definition) is 2. The molecule has 0 unspecified atom stereocenters. The van der Waals surface area contributed by atoms with Gasteiger partial charge in [0, 0.05) is 6.54 Å². The van der Waals surface area contributed by atoms with Crippen molar-refractivity contribution in [1.29, 1.82) is 0 Å². The normalized spacial score (nSPS) is 12.3. The lowest BCUT2D eigenvalue weighted by Crippen LogP contribution is -2.30. The molecule has 2 rings (SSSR count). The van der Waals surface area contributed by atoms with E-state index in [1.807, 2.05) is 16.8 Å². The maximum atomic E-state index is 12.2. The van der Waals surface area contributed by atoms with Crippen LogP contribution in [-0.4, -0.2) is 35.9 Å². The highest BCUT2D eigenvalue weighted by Crippen LogP contribution is 2.20. The average Bonchev–Trinajstić information content (AvgIpc) is 3.09. The Morgan fingerprint density at radius 1 is 1.57 bits per heavy atom. The molecule has 1 atom stereocenters. The van der Waals surface area contributed by atoms with Gasteiger partial charge in [-0.2, -0.15) is 11.3 Å². The molecule has 6 nitrogen and oxygen atoms in total. The standard InChI is InChI=1S/C14H18N2O4S/c1-9-13(10(2)20-16-9)14(18)15-7-12(19-5-4-17)11-3-6-21-8-11/h3,6,8,12,17H,4-5,7H2,1-2H3,(H,15,18)/t12-/m1/s1. The van der Waals surface area contributed by atoms with Crippen LogP contribution in [0.3, 0.4) is 0 Å². The van der Waals surface area contributed by atoms with Crippen molar-refractivity contribution in [1.82, 2.24) is 10.5 Å². The summed E-state index contributed by atoms with van der Waals surface area (Å²) in [5, 5.41) is 19.4. The molecule has 1 amide bonds. The van der Waals surface area contributed by atoms with Crippen LogP contribution in [0.4, 0.5) is 0 Å². The van der Waals surface area contributed by atoms with E-state index < -0.39 is 0 Å². The Morgan fingerprint density at radius 3 is 2.95 bits per heavy atom. The minimum absolute atomic E-state index is 0.0571. The molecule has 2 N–H and O–H groups in total. The van der Waals surface area contributed by atoms with Crippen LogP contribution in [0.5, 0.6) is 0 Å². The molecule has 0 radical (unpaired) electrons. The van der Waals surface area contributed by atoms with Gasteiger partial charge in [-0.15, -0.1) is 0 Å². The van der Waals surface area contributed by atoms with E-state index in [-0.39, 0.29) is 25.2 Å². The van der Waals surface area contributed by atoms with Gasteiger partial charge in [-0.3, -0.25) is 4.79 Å². The van der Waals surface area contributed by atoms with E-state index in [0.717, 1.165) is 5.56 Å². The van der Waals surface area contributed by atoms with Crippen LogP contribution < -0.4 is 5.32 Å². The van der Waals surface area contributed by atoms with E-state index in [0.29, 0.717) is 23.6 Å². The molecule has 0 saturated carbocycles. The molecule has 0 aliphatic carbocycles. The fourth-order valence-electron chi connectivity index (χ4n) is 2.01. The number of ether oxygens (including phenoxy) is 1. The van der Waals surface area contributed by atoms with Crippen molar-refractivity contribution in [3.63, 3.8) is 0 Å². The number of thiophene rings is 1. The summed E-state index contributed by atoms with van der Waals surface area (Å²) in [7, 11) is 0. The predicted octanol–water partition coefficient (Wildman–Crippen LogP) is 1.83. The molecule has 0 spiro atoms. The molecule has 0 aliphatic rings. The fraction of sp³-hybridized carbons (Fsp3) is 0.429. The molecule has 0 fully saturated rings. The predicted molar refractivity (Wildman–Crippen MR) is 78.4 cm³/mol. The largest absolute Gasteiger partial charge is 0.394 e. The first kappa shape index (κ1) is 15.7. The zero-order valence-electron chi connectivity index (χ0n) is 12.0. The van der Waals surface area contributed by atoms with Gasteiger partial charge in [0.2, 0.25) is 0 Å². The van der Waals surface area contributed by atoms with Crippen molar-refractivity contribution in [3.8, 4) is 0 Å². The number of aliphatic hydroxyl groups excluding tert-OH is 1. The van der Waals surface area contributed by atoms with Gasteiger partial charge in [0.25, 0.3) is 5.91 Å². The van der Waals surface area contributed by atoms with E-state index in [1.54, 1.807) is 25.2 Å². The van der Waals surface area contributed by atoms with E-state index in [1.165, 1.54) is 0 Å². The van der Waals surface area contributed by atoms with Gasteiger partial charge in [-0.25, -0.2) is 0 Å². The summed E-state index contributed by atoms with van der Waals surface area (Å²) in [4.78, 5) is 12.2. The lowest BCUT2D eigenvalue weighted by Gasteiger charge is -2.17. The second kappa shape index (κ2) is 7.35. The molecule has 7 heteroatoms. The molecule has 2 aromatic rings. The Morgan fingerprint density at radius 2 is 2.38 bits per heavy atom. The van der Waals surface area contributed by atoms with Gasteiger partial charge in [0.05, 0.1) is 18.9 Å². The van der Waals surface area contributed by atoms with Gasteiger partial charge in [-0.1, -0.05) is 5.16 Å². The molecule has 0 aromatic carbocycles. The molecule has 0 saturated heterocycles. The summed E-state index contributed by atoms with van der Waals surface area (Å²) in [5.74, 6) is 0.257. The number of rotatable bonds is 7. The third kappa shape index (κ3) is 3.90. The molecular weight excluding hydrogens is 292 g/mol. The molecule has 2 aromatic heterocycles. The first-order valence-corrected chi connectivity index (χ1v) is 7.53. The molecule has 2 heterocycles. The highest BCUT2D eigenvalue weighted by atomic mass is 32.1. The van der Waals surface area contributed by atoms with Crippen molar-refractivity contribution in [2.24, 2.45) is 0 Å². The number of aromatic nitrogens is 1. The lowest BCUT2D eigenvalue weighted by molar-refractivity contribution is 0.0279. The lowest BCUT2D eigenvalue weighted by atomic mass is 10.1. The Balaban J connectivity index is 2.00. The third-order valence-electron chi connectivity index (χ3n) is 3.03. The van der Waals surface area contributed by atoms with Crippen LogP contribution in [0.1, 0.15) is 33.5 Å². The summed E-state index contributed by atoms with van der Waals surface area (Å²) < 4.78 is 10.6. The minimum atomic E-state index is -0.284. The molecular formula is C14H18N2O4S. The van der Waals surface area contributed by atoms with Gasteiger partial charge in [0.15, 0.2) is 0 Å². The first-order valence-electron chi connectivity index (χ1n) is 6.59. The van der Waals surface area contributed by atoms with Crippen molar-refractivity contribution in [2.75, 3.05) is 19.8 Å². The molecule has 0 aliphatic heterocycles. The van der Waals surface area contributed by atoms with Crippen LogP contribution >= 0.6 is 11.3 Å². The van der Waals surface area contributed by atoms with E-state index >= 15 is 0 Å². The van der Waals surface area contributed by atoms with Gasteiger partial charge in [-0.05, 0) is 36.2 Å². The zero-order valence-corrected chi connectivity index (χ0v) is 12.8. The summed E-state index contributed by atoms with van der Waals surface area (Å²) in [6.07, 6.45) is -0.284. The Kier molecular flexibility index (Phi) is 5.49. The second-order valence-electron chi connectivity index (χ2n) is 4.55. The minimum Gasteiger partial charge on any atom is -0.394 e.